The first-order valence-corrected chi connectivity index (χ1v) is 4.73. The second-order valence-electron chi connectivity index (χ2n) is 3.10. The van der Waals surface area contributed by atoms with Gasteiger partial charge in [-0.3, -0.25) is 0 Å². The number of rotatable bonds is 5. The molecule has 4 heteroatoms. The molecule has 4 nitrogen and oxygen atoms in total. The summed E-state index contributed by atoms with van der Waals surface area (Å²) in [5.74, 6) is -0.784. The molecule has 0 radical (unpaired) electrons. The lowest BCUT2D eigenvalue weighted by Gasteiger charge is -2.07. The van der Waals surface area contributed by atoms with Crippen LogP contribution in [-0.2, 0) is 16.0 Å². The van der Waals surface area contributed by atoms with Crippen molar-refractivity contribution < 1.29 is 19.7 Å². The summed E-state index contributed by atoms with van der Waals surface area (Å²) in [6.45, 7) is -0.399. The van der Waals surface area contributed by atoms with Crippen LogP contribution in [0.1, 0.15) is 5.56 Å². The fourth-order valence-corrected chi connectivity index (χ4v) is 1.08. The number of esters is 1. The molecule has 0 aliphatic heterocycles. The van der Waals surface area contributed by atoms with Gasteiger partial charge in [0.1, 0.15) is 0 Å². The first-order chi connectivity index (χ1) is 7.24. The topological polar surface area (TPSA) is 66.8 Å². The molecule has 0 spiro atoms. The summed E-state index contributed by atoms with van der Waals surface area (Å²) in [6.07, 6.45) is -0.828. The van der Waals surface area contributed by atoms with Crippen molar-refractivity contribution >= 4 is 5.97 Å². The minimum atomic E-state index is -1.43. The number of hydrogen-bond donors (Lipinski definition) is 2. The van der Waals surface area contributed by atoms with Gasteiger partial charge in [0.2, 0.25) is 0 Å². The monoisotopic (exact) mass is 210 g/mol. The number of carbonyl (C=O) groups is 1. The molecule has 0 aliphatic rings. The number of hydrogen-bond acceptors (Lipinski definition) is 4. The van der Waals surface area contributed by atoms with Crippen LogP contribution < -0.4 is 0 Å². The summed E-state index contributed by atoms with van der Waals surface area (Å²) in [4.78, 5) is 10.9. The Hall–Kier alpha value is -1.39. The van der Waals surface area contributed by atoms with Crippen LogP contribution >= 0.6 is 0 Å². The van der Waals surface area contributed by atoms with Crippen LogP contribution in [0.15, 0.2) is 30.3 Å². The molecular weight excluding hydrogens is 196 g/mol. The maximum absolute atomic E-state index is 10.9. The first kappa shape index (κ1) is 11.7. The zero-order valence-corrected chi connectivity index (χ0v) is 8.30. The Morgan fingerprint density at radius 2 is 2.00 bits per heavy atom. The van der Waals surface area contributed by atoms with Gasteiger partial charge in [-0.25, -0.2) is 4.79 Å². The molecule has 2 N–H and O–H groups in total. The van der Waals surface area contributed by atoms with Crippen LogP contribution in [0.5, 0.6) is 0 Å². The van der Waals surface area contributed by atoms with Crippen molar-refractivity contribution in [3.63, 3.8) is 0 Å². The molecule has 1 atom stereocenters. The first-order valence-electron chi connectivity index (χ1n) is 4.73. The lowest BCUT2D eigenvalue weighted by molar-refractivity contribution is -0.155. The van der Waals surface area contributed by atoms with E-state index in [1.165, 1.54) is 0 Å². The minimum Gasteiger partial charge on any atom is -0.463 e. The van der Waals surface area contributed by atoms with Crippen molar-refractivity contribution in [1.82, 2.24) is 0 Å². The minimum absolute atomic E-state index is 0.208. The Bertz CT molecular complexity index is 297. The second-order valence-corrected chi connectivity index (χ2v) is 3.10. The lowest BCUT2D eigenvalue weighted by Crippen LogP contribution is -2.27. The third-order valence-electron chi connectivity index (χ3n) is 1.92. The molecule has 1 unspecified atom stereocenters. The Kier molecular flexibility index (Phi) is 4.80. The van der Waals surface area contributed by atoms with E-state index in [2.05, 4.69) is 0 Å². The van der Waals surface area contributed by atoms with E-state index in [-0.39, 0.29) is 6.61 Å². The van der Waals surface area contributed by atoms with Crippen molar-refractivity contribution in [3.8, 4) is 0 Å². The van der Waals surface area contributed by atoms with Gasteiger partial charge in [0.25, 0.3) is 0 Å². The molecule has 0 saturated carbocycles. The standard InChI is InChI=1S/C11H14O4/c12-8-10(13)11(14)15-7-6-9-4-2-1-3-5-9/h1-5,10,12-13H,6-8H2. The lowest BCUT2D eigenvalue weighted by atomic mass is 10.2. The van der Waals surface area contributed by atoms with Crippen molar-refractivity contribution in [1.29, 1.82) is 0 Å². The molecule has 1 rings (SSSR count). The molecule has 0 saturated heterocycles. The van der Waals surface area contributed by atoms with Crippen molar-refractivity contribution in [3.05, 3.63) is 35.9 Å². The smallest absolute Gasteiger partial charge is 0.337 e. The zero-order chi connectivity index (χ0) is 11.1. The van der Waals surface area contributed by atoms with E-state index in [0.717, 1.165) is 5.56 Å². The molecule has 82 valence electrons. The highest BCUT2D eigenvalue weighted by Crippen LogP contribution is 2.00. The van der Waals surface area contributed by atoms with Gasteiger partial charge in [-0.2, -0.15) is 0 Å². The van der Waals surface area contributed by atoms with Gasteiger partial charge >= 0.3 is 5.97 Å². The van der Waals surface area contributed by atoms with Crippen LogP contribution in [0.4, 0.5) is 0 Å². The largest absolute Gasteiger partial charge is 0.463 e. The van der Waals surface area contributed by atoms with E-state index in [0.29, 0.717) is 6.42 Å². The Morgan fingerprint density at radius 1 is 1.33 bits per heavy atom. The zero-order valence-electron chi connectivity index (χ0n) is 8.30. The van der Waals surface area contributed by atoms with Crippen molar-refractivity contribution in [2.45, 2.75) is 12.5 Å². The van der Waals surface area contributed by atoms with Crippen molar-refractivity contribution in [2.24, 2.45) is 0 Å². The average molecular weight is 210 g/mol. The summed E-state index contributed by atoms with van der Waals surface area (Å²) < 4.78 is 4.75. The van der Waals surface area contributed by atoms with E-state index in [1.54, 1.807) is 0 Å². The summed E-state index contributed by atoms with van der Waals surface area (Å²) in [5, 5.41) is 17.4. The number of carbonyl (C=O) groups excluding carboxylic acids is 1. The fraction of sp³-hybridized carbons (Fsp3) is 0.364. The van der Waals surface area contributed by atoms with E-state index in [1.807, 2.05) is 30.3 Å². The second kappa shape index (κ2) is 6.16. The summed E-state index contributed by atoms with van der Waals surface area (Å²) in [6, 6.07) is 9.57. The van der Waals surface area contributed by atoms with E-state index < -0.39 is 18.7 Å². The predicted molar refractivity (Wildman–Crippen MR) is 54.2 cm³/mol. The highest BCUT2D eigenvalue weighted by atomic mass is 16.5. The Balaban J connectivity index is 2.25. The van der Waals surface area contributed by atoms with Gasteiger partial charge in [0.05, 0.1) is 13.2 Å². The average Bonchev–Trinajstić information content (AvgIpc) is 2.29. The number of aliphatic hydroxyl groups is 2. The normalized spacial score (nSPS) is 12.1. The Labute approximate surface area is 88.1 Å². The van der Waals surface area contributed by atoms with Crippen LogP contribution in [-0.4, -0.2) is 35.5 Å². The SMILES string of the molecule is O=C(OCCc1ccccc1)C(O)CO. The van der Waals surface area contributed by atoms with E-state index in [9.17, 15) is 4.79 Å². The van der Waals surface area contributed by atoms with Gasteiger partial charge < -0.3 is 14.9 Å². The van der Waals surface area contributed by atoms with Crippen LogP contribution in [0.3, 0.4) is 0 Å². The number of ether oxygens (including phenoxy) is 1. The molecule has 0 fully saturated rings. The molecular formula is C11H14O4. The van der Waals surface area contributed by atoms with Crippen LogP contribution in [0.25, 0.3) is 0 Å². The van der Waals surface area contributed by atoms with Crippen molar-refractivity contribution in [2.75, 3.05) is 13.2 Å². The third kappa shape index (κ3) is 4.10. The highest BCUT2D eigenvalue weighted by molar-refractivity contribution is 5.74. The molecule has 1 aromatic carbocycles. The fourth-order valence-electron chi connectivity index (χ4n) is 1.08. The van der Waals surface area contributed by atoms with Gasteiger partial charge in [-0.05, 0) is 5.56 Å². The molecule has 0 aromatic heterocycles. The molecule has 15 heavy (non-hydrogen) atoms. The number of aliphatic hydroxyl groups excluding tert-OH is 2. The molecule has 0 amide bonds. The highest BCUT2D eigenvalue weighted by Gasteiger charge is 2.14. The molecule has 0 aliphatic carbocycles. The summed E-state index contributed by atoms with van der Waals surface area (Å²) in [7, 11) is 0. The van der Waals surface area contributed by atoms with Gasteiger partial charge in [-0.15, -0.1) is 0 Å². The van der Waals surface area contributed by atoms with E-state index in [4.69, 9.17) is 14.9 Å². The maximum Gasteiger partial charge on any atom is 0.337 e. The third-order valence-corrected chi connectivity index (χ3v) is 1.92. The van der Waals surface area contributed by atoms with Gasteiger partial charge in [-0.1, -0.05) is 30.3 Å². The molecule has 0 heterocycles. The molecule has 1 aromatic rings. The predicted octanol–water partition coefficient (Wildman–Crippen LogP) is 0.126. The number of benzene rings is 1. The van der Waals surface area contributed by atoms with Crippen LogP contribution in [0.2, 0.25) is 0 Å². The Morgan fingerprint density at radius 3 is 2.60 bits per heavy atom. The quantitative estimate of drug-likeness (QED) is 0.678. The van der Waals surface area contributed by atoms with Gasteiger partial charge in [0.15, 0.2) is 6.10 Å². The van der Waals surface area contributed by atoms with E-state index >= 15 is 0 Å². The summed E-state index contributed by atoms with van der Waals surface area (Å²) >= 11 is 0. The summed E-state index contributed by atoms with van der Waals surface area (Å²) in [5.41, 5.74) is 1.06. The van der Waals surface area contributed by atoms with Crippen LogP contribution in [0, 0.1) is 0 Å². The van der Waals surface area contributed by atoms with Gasteiger partial charge in [0, 0.05) is 6.42 Å². The molecule has 0 bridgehead atoms. The maximum atomic E-state index is 10.9.